The van der Waals surface area contributed by atoms with E-state index in [-0.39, 0.29) is 34.8 Å². The molecule has 0 saturated heterocycles. The number of carbonyl (C=O) groups excluding carboxylic acids is 1. The van der Waals surface area contributed by atoms with Crippen molar-refractivity contribution in [1.29, 1.82) is 0 Å². The molecule has 0 unspecified atom stereocenters. The molecule has 14 nitrogen and oxygen atoms in total. The molecule has 0 radical (unpaired) electrons. The lowest BCUT2D eigenvalue weighted by atomic mass is 9.75. The Morgan fingerprint density at radius 2 is 1.91 bits per heavy atom. The lowest BCUT2D eigenvalue weighted by molar-refractivity contribution is -0.0636. The fraction of sp³-hybridized carbons (Fsp3) is 0.357. The van der Waals surface area contributed by atoms with Gasteiger partial charge in [-0.1, -0.05) is 18.2 Å². The maximum Gasteiger partial charge on any atom is 0.231 e. The first-order valence-electron chi connectivity index (χ1n) is 13.7. The van der Waals surface area contributed by atoms with Crippen LogP contribution in [0, 0.1) is 0 Å². The summed E-state index contributed by atoms with van der Waals surface area (Å²) in [5.41, 5.74) is 8.38. The minimum atomic E-state index is -3.79. The van der Waals surface area contributed by atoms with Crippen molar-refractivity contribution in [3.63, 3.8) is 0 Å². The number of fused-ring (bicyclic) bond motifs is 1. The smallest absolute Gasteiger partial charge is 0.231 e. The Balaban J connectivity index is 1.38. The van der Waals surface area contributed by atoms with Gasteiger partial charge in [-0.15, -0.1) is 10.2 Å². The minimum absolute atomic E-state index is 0.0184. The van der Waals surface area contributed by atoms with E-state index in [1.807, 2.05) is 36.5 Å². The number of hydrogen-bond acceptors (Lipinski definition) is 11. The molecule has 0 amide bonds. The van der Waals surface area contributed by atoms with Crippen molar-refractivity contribution in [2.75, 3.05) is 32.3 Å². The lowest BCUT2D eigenvalue weighted by Crippen LogP contribution is -2.46. The van der Waals surface area contributed by atoms with E-state index in [9.17, 15) is 13.2 Å². The average Bonchev–Trinajstić information content (AvgIpc) is 3.78. The van der Waals surface area contributed by atoms with Crippen molar-refractivity contribution in [2.24, 2.45) is 0 Å². The summed E-state index contributed by atoms with van der Waals surface area (Å²) in [7, 11) is -2.24. The second kappa shape index (κ2) is 11.3. The number of rotatable bonds is 10. The number of aromatic amines is 1. The number of benzene rings is 1. The molecule has 6 rings (SSSR count). The van der Waals surface area contributed by atoms with Crippen LogP contribution >= 0.6 is 0 Å². The van der Waals surface area contributed by atoms with Crippen LogP contribution in [0.5, 0.6) is 0 Å². The standard InChI is InChI=1S/C28H31N9O5S/c1-41-12-13-42-28(24(38)26-30-17-31-35-26)10-8-18(9-11-28)22-23(43(2,39)40)25(29)37-27(34-22)21(15-33-37)19-14-32-36(16-19)20-6-4-3-5-7-20/h3-7,14-18H,8-13,29H2,1-2H3,(H,30,31,35)/t18-,28-. The predicted molar refractivity (Wildman–Crippen MR) is 156 cm³/mol. The fourth-order valence-corrected chi connectivity index (χ4v) is 6.77. The molecule has 4 aromatic heterocycles. The molecule has 3 N–H and O–H groups in total. The molecule has 1 aliphatic carbocycles. The number of ether oxygens (including phenoxy) is 2. The van der Waals surface area contributed by atoms with Crippen LogP contribution in [-0.4, -0.2) is 85.9 Å². The minimum Gasteiger partial charge on any atom is -0.382 e. The summed E-state index contributed by atoms with van der Waals surface area (Å²) in [6.07, 6.45) is 9.09. The highest BCUT2D eigenvalue weighted by molar-refractivity contribution is 7.91. The van der Waals surface area contributed by atoms with Gasteiger partial charge in [-0.25, -0.2) is 18.1 Å². The zero-order chi connectivity index (χ0) is 30.2. The van der Waals surface area contributed by atoms with Crippen molar-refractivity contribution >= 4 is 27.1 Å². The number of nitrogen functional groups attached to an aromatic ring is 1. The monoisotopic (exact) mass is 605 g/mol. The number of Topliss-reactive ketones (excluding diaryl/α,β-unsaturated/α-hetero) is 1. The second-order valence-corrected chi connectivity index (χ2v) is 12.5. The molecule has 43 heavy (non-hydrogen) atoms. The Morgan fingerprint density at radius 1 is 1.14 bits per heavy atom. The van der Waals surface area contributed by atoms with E-state index in [1.165, 1.54) is 10.8 Å². The lowest BCUT2D eigenvalue weighted by Gasteiger charge is -2.38. The first kappa shape index (κ1) is 28.6. The topological polar surface area (TPSA) is 185 Å². The van der Waals surface area contributed by atoms with Gasteiger partial charge in [0.25, 0.3) is 0 Å². The Labute approximate surface area is 247 Å². The number of ketones is 1. The van der Waals surface area contributed by atoms with Gasteiger partial charge in [-0.05, 0) is 37.8 Å². The van der Waals surface area contributed by atoms with Gasteiger partial charge in [0.05, 0.1) is 37.0 Å². The molecule has 1 saturated carbocycles. The highest BCUT2D eigenvalue weighted by Gasteiger charge is 2.46. The van der Waals surface area contributed by atoms with E-state index in [2.05, 4.69) is 25.4 Å². The van der Waals surface area contributed by atoms with E-state index >= 15 is 0 Å². The largest absolute Gasteiger partial charge is 0.382 e. The number of carbonyl (C=O) groups is 1. The first-order chi connectivity index (χ1) is 20.7. The predicted octanol–water partition coefficient (Wildman–Crippen LogP) is 2.63. The average molecular weight is 606 g/mol. The summed E-state index contributed by atoms with van der Waals surface area (Å²) in [4.78, 5) is 21.1. The second-order valence-electron chi connectivity index (χ2n) is 10.6. The number of anilines is 1. The van der Waals surface area contributed by atoms with Gasteiger partial charge in [0.2, 0.25) is 5.78 Å². The van der Waals surface area contributed by atoms with Gasteiger partial charge in [0.1, 0.15) is 22.6 Å². The van der Waals surface area contributed by atoms with Gasteiger partial charge >= 0.3 is 0 Å². The van der Waals surface area contributed by atoms with E-state index in [1.54, 1.807) is 24.2 Å². The Kier molecular flexibility index (Phi) is 7.54. The zero-order valence-electron chi connectivity index (χ0n) is 23.7. The molecule has 0 spiro atoms. The third-order valence-electron chi connectivity index (χ3n) is 7.84. The van der Waals surface area contributed by atoms with Crippen molar-refractivity contribution in [2.45, 2.75) is 42.1 Å². The number of para-hydroxylation sites is 1. The van der Waals surface area contributed by atoms with Crippen LogP contribution in [-0.2, 0) is 19.3 Å². The first-order valence-corrected chi connectivity index (χ1v) is 15.6. The van der Waals surface area contributed by atoms with Crippen LogP contribution in [0.4, 0.5) is 5.82 Å². The SMILES string of the molecule is COCCO[C@]1(C(=O)c2nnc[nH]2)CC[C@@H](c2nc3c(-c4cnn(-c5ccccc5)c4)cnn3c(N)c2S(C)(=O)=O)CC1. The molecular formula is C28H31N9O5S. The molecule has 0 bridgehead atoms. The molecule has 1 fully saturated rings. The molecule has 1 aromatic carbocycles. The van der Waals surface area contributed by atoms with Crippen LogP contribution in [0.25, 0.3) is 22.5 Å². The molecule has 1 aliphatic rings. The maximum atomic E-state index is 13.5. The normalized spacial score (nSPS) is 19.2. The summed E-state index contributed by atoms with van der Waals surface area (Å²) in [6.45, 7) is 0.523. The maximum absolute atomic E-state index is 13.5. The molecule has 224 valence electrons. The van der Waals surface area contributed by atoms with E-state index in [0.717, 1.165) is 17.5 Å². The highest BCUT2D eigenvalue weighted by Crippen LogP contribution is 2.44. The number of nitrogens with two attached hydrogens (primary N) is 1. The number of aromatic nitrogens is 8. The van der Waals surface area contributed by atoms with Crippen LogP contribution in [0.3, 0.4) is 0 Å². The fourth-order valence-electron chi connectivity index (χ4n) is 5.71. The molecule has 4 heterocycles. The van der Waals surface area contributed by atoms with Gasteiger partial charge in [0.15, 0.2) is 21.3 Å². The number of nitrogens with one attached hydrogen (secondary N) is 1. The molecule has 0 atom stereocenters. The van der Waals surface area contributed by atoms with Crippen molar-refractivity contribution in [1.82, 2.24) is 39.6 Å². The molecule has 0 aliphatic heterocycles. The Hall–Kier alpha value is -4.47. The number of hydrogen-bond donors (Lipinski definition) is 2. The van der Waals surface area contributed by atoms with Crippen molar-refractivity contribution in [3.05, 3.63) is 66.8 Å². The molecule has 15 heteroatoms. The van der Waals surface area contributed by atoms with E-state index in [4.69, 9.17) is 20.2 Å². The van der Waals surface area contributed by atoms with Crippen LogP contribution in [0.15, 0.2) is 60.1 Å². The third kappa shape index (κ3) is 5.30. The summed E-state index contributed by atoms with van der Waals surface area (Å²) in [6, 6.07) is 9.66. The number of methoxy groups -OCH3 is 1. The summed E-state index contributed by atoms with van der Waals surface area (Å²) in [5, 5.41) is 16.5. The third-order valence-corrected chi connectivity index (χ3v) is 9.00. The summed E-state index contributed by atoms with van der Waals surface area (Å²) < 4.78 is 40.5. The molecule has 5 aromatic rings. The molecular weight excluding hydrogens is 574 g/mol. The van der Waals surface area contributed by atoms with Gasteiger partial charge < -0.3 is 20.2 Å². The summed E-state index contributed by atoms with van der Waals surface area (Å²) >= 11 is 0. The van der Waals surface area contributed by atoms with Crippen LogP contribution in [0.2, 0.25) is 0 Å². The zero-order valence-corrected chi connectivity index (χ0v) is 24.5. The number of H-pyrrole nitrogens is 1. The van der Waals surface area contributed by atoms with Crippen molar-refractivity contribution in [3.8, 4) is 16.8 Å². The van der Waals surface area contributed by atoms with Crippen LogP contribution in [0.1, 0.15) is 47.9 Å². The Bertz CT molecular complexity index is 1860. The van der Waals surface area contributed by atoms with Gasteiger partial charge in [0, 0.05) is 36.6 Å². The summed E-state index contributed by atoms with van der Waals surface area (Å²) in [5.74, 6) is -0.528. The highest BCUT2D eigenvalue weighted by atomic mass is 32.2. The number of sulfone groups is 1. The van der Waals surface area contributed by atoms with E-state index in [0.29, 0.717) is 49.2 Å². The quantitative estimate of drug-likeness (QED) is 0.176. The van der Waals surface area contributed by atoms with Gasteiger partial charge in [-0.3, -0.25) is 4.79 Å². The van der Waals surface area contributed by atoms with Crippen LogP contribution < -0.4 is 5.73 Å². The number of nitrogens with zero attached hydrogens (tertiary/aromatic N) is 7. The Morgan fingerprint density at radius 3 is 2.58 bits per heavy atom. The van der Waals surface area contributed by atoms with Crippen molar-refractivity contribution < 1.29 is 22.7 Å². The van der Waals surface area contributed by atoms with E-state index < -0.39 is 15.4 Å². The van der Waals surface area contributed by atoms with Gasteiger partial charge in [-0.2, -0.15) is 14.7 Å².